The monoisotopic (exact) mass is 422 g/mol. The molecule has 2 heterocycles. The van der Waals surface area contributed by atoms with Crippen LogP contribution in [0.5, 0.6) is 11.5 Å². The van der Waals surface area contributed by atoms with Gasteiger partial charge in [0.2, 0.25) is 0 Å². The molecule has 1 aliphatic heterocycles. The molecule has 0 aliphatic carbocycles. The van der Waals surface area contributed by atoms with Gasteiger partial charge < -0.3 is 19.3 Å². The lowest BCUT2D eigenvalue weighted by Gasteiger charge is -2.34. The Kier molecular flexibility index (Phi) is 5.90. The molecule has 0 bridgehead atoms. The predicted octanol–water partition coefficient (Wildman–Crippen LogP) is 2.18. The summed E-state index contributed by atoms with van der Waals surface area (Å²) in [6.45, 7) is 6.00. The van der Waals surface area contributed by atoms with Gasteiger partial charge in [-0.1, -0.05) is 25.1 Å². The second kappa shape index (κ2) is 8.77. The average molecular weight is 422 g/mol. The number of methoxy groups -OCH3 is 2. The molecule has 8 nitrogen and oxygen atoms in total. The van der Waals surface area contributed by atoms with Gasteiger partial charge in [-0.15, -0.1) is 0 Å². The number of ether oxygens (including phenoxy) is 2. The van der Waals surface area contributed by atoms with E-state index in [2.05, 4.69) is 16.9 Å². The van der Waals surface area contributed by atoms with E-state index in [1.807, 2.05) is 6.07 Å². The summed E-state index contributed by atoms with van der Waals surface area (Å²) >= 11 is 0. The van der Waals surface area contributed by atoms with Crippen LogP contribution in [-0.2, 0) is 0 Å². The van der Waals surface area contributed by atoms with Gasteiger partial charge in [-0.3, -0.25) is 9.59 Å². The Balaban J connectivity index is 1.85. The maximum Gasteiger partial charge on any atom is 0.279 e. The molecule has 1 aromatic heterocycles. The first-order valence-corrected chi connectivity index (χ1v) is 10.3. The molecule has 3 aromatic rings. The Morgan fingerprint density at radius 1 is 1.00 bits per heavy atom. The van der Waals surface area contributed by atoms with E-state index in [4.69, 9.17) is 9.47 Å². The van der Waals surface area contributed by atoms with Gasteiger partial charge in [0.1, 0.15) is 17.2 Å². The Labute approximate surface area is 180 Å². The molecule has 0 saturated carbocycles. The van der Waals surface area contributed by atoms with E-state index in [0.29, 0.717) is 41.0 Å². The molecule has 0 N–H and O–H groups in total. The molecular formula is C23H26N4O4. The maximum atomic E-state index is 13.4. The second-order valence-corrected chi connectivity index (χ2v) is 7.38. The maximum absolute atomic E-state index is 13.4. The summed E-state index contributed by atoms with van der Waals surface area (Å²) < 4.78 is 12.0. The first-order chi connectivity index (χ1) is 15.1. The van der Waals surface area contributed by atoms with Crippen LogP contribution in [0.3, 0.4) is 0 Å². The number of nitrogens with zero attached hydrogens (tertiary/aromatic N) is 4. The minimum Gasteiger partial charge on any atom is -0.497 e. The van der Waals surface area contributed by atoms with Crippen molar-refractivity contribution in [2.75, 3.05) is 46.9 Å². The lowest BCUT2D eigenvalue weighted by atomic mass is 10.1. The number of hydrogen-bond acceptors (Lipinski definition) is 6. The van der Waals surface area contributed by atoms with Gasteiger partial charge in [0, 0.05) is 37.6 Å². The van der Waals surface area contributed by atoms with E-state index >= 15 is 0 Å². The van der Waals surface area contributed by atoms with Crippen molar-refractivity contribution < 1.29 is 14.3 Å². The molecule has 2 aromatic carbocycles. The first kappa shape index (κ1) is 20.9. The van der Waals surface area contributed by atoms with Crippen LogP contribution in [0.25, 0.3) is 16.5 Å². The van der Waals surface area contributed by atoms with Gasteiger partial charge in [0.25, 0.3) is 11.5 Å². The largest absolute Gasteiger partial charge is 0.497 e. The van der Waals surface area contributed by atoms with Crippen molar-refractivity contribution in [2.45, 2.75) is 6.92 Å². The van der Waals surface area contributed by atoms with Crippen LogP contribution in [0.2, 0.25) is 0 Å². The zero-order valence-electron chi connectivity index (χ0n) is 18.0. The second-order valence-electron chi connectivity index (χ2n) is 7.38. The fourth-order valence-electron chi connectivity index (χ4n) is 3.89. The van der Waals surface area contributed by atoms with Gasteiger partial charge >= 0.3 is 0 Å². The molecule has 0 radical (unpaired) electrons. The summed E-state index contributed by atoms with van der Waals surface area (Å²) in [5.41, 5.74) is 0.397. The van der Waals surface area contributed by atoms with Crippen LogP contribution in [-0.4, -0.2) is 72.4 Å². The molecule has 1 saturated heterocycles. The minimum atomic E-state index is -0.314. The fraction of sp³-hybridized carbons (Fsp3) is 0.348. The Hall–Kier alpha value is -3.39. The van der Waals surface area contributed by atoms with Gasteiger partial charge in [-0.2, -0.15) is 9.78 Å². The zero-order valence-corrected chi connectivity index (χ0v) is 18.0. The van der Waals surface area contributed by atoms with Gasteiger partial charge in [-0.05, 0) is 24.7 Å². The number of likely N-dealkylation sites (N-methyl/N-ethyl adjacent to an activating group) is 1. The molecule has 4 rings (SSSR count). The normalized spacial score (nSPS) is 14.6. The van der Waals surface area contributed by atoms with Gasteiger partial charge in [-0.25, -0.2) is 0 Å². The fourth-order valence-corrected chi connectivity index (χ4v) is 3.89. The molecule has 8 heteroatoms. The SMILES string of the molecule is CCN1CCN(C(=O)c2nn(-c3ccc(OC)cc3OC)c(=O)c3ccccc23)CC1. The molecule has 31 heavy (non-hydrogen) atoms. The van der Waals surface area contributed by atoms with Crippen LogP contribution >= 0.6 is 0 Å². The summed E-state index contributed by atoms with van der Waals surface area (Å²) in [6.07, 6.45) is 0. The van der Waals surface area contributed by atoms with Crippen LogP contribution < -0.4 is 15.0 Å². The predicted molar refractivity (Wildman–Crippen MR) is 118 cm³/mol. The zero-order chi connectivity index (χ0) is 22.0. The number of hydrogen-bond donors (Lipinski definition) is 0. The third kappa shape index (κ3) is 3.86. The van der Waals surface area contributed by atoms with Crippen molar-refractivity contribution in [3.05, 3.63) is 58.5 Å². The highest BCUT2D eigenvalue weighted by Crippen LogP contribution is 2.27. The van der Waals surface area contributed by atoms with Crippen molar-refractivity contribution in [3.8, 4) is 17.2 Å². The van der Waals surface area contributed by atoms with E-state index in [1.54, 1.807) is 48.4 Å². The van der Waals surface area contributed by atoms with Crippen LogP contribution in [0.1, 0.15) is 17.4 Å². The molecule has 1 fully saturated rings. The molecule has 0 atom stereocenters. The Bertz CT molecular complexity index is 1170. The van der Waals surface area contributed by atoms with Gasteiger partial charge in [0.05, 0.1) is 19.6 Å². The summed E-state index contributed by atoms with van der Waals surface area (Å²) in [7, 11) is 3.08. The molecule has 1 aliphatic rings. The topological polar surface area (TPSA) is 76.9 Å². The molecule has 0 spiro atoms. The lowest BCUT2D eigenvalue weighted by molar-refractivity contribution is 0.0638. The summed E-state index contributed by atoms with van der Waals surface area (Å²) in [5, 5.41) is 5.52. The van der Waals surface area contributed by atoms with Crippen molar-refractivity contribution in [1.82, 2.24) is 19.6 Å². The number of fused-ring (bicyclic) bond motifs is 1. The number of amides is 1. The Morgan fingerprint density at radius 2 is 1.71 bits per heavy atom. The molecule has 162 valence electrons. The van der Waals surface area contributed by atoms with E-state index < -0.39 is 0 Å². The van der Waals surface area contributed by atoms with Gasteiger partial charge in [0.15, 0.2) is 5.69 Å². The van der Waals surface area contributed by atoms with Crippen LogP contribution in [0, 0.1) is 0 Å². The minimum absolute atomic E-state index is 0.173. The molecule has 0 unspecified atom stereocenters. The summed E-state index contributed by atoms with van der Waals surface area (Å²) in [5.74, 6) is 0.854. The molecule has 1 amide bonds. The average Bonchev–Trinajstić information content (AvgIpc) is 2.83. The highest BCUT2D eigenvalue weighted by atomic mass is 16.5. The highest BCUT2D eigenvalue weighted by molar-refractivity contribution is 6.04. The number of piperazine rings is 1. The van der Waals surface area contributed by atoms with Crippen LogP contribution in [0.4, 0.5) is 0 Å². The van der Waals surface area contributed by atoms with Crippen molar-refractivity contribution in [1.29, 1.82) is 0 Å². The number of aromatic nitrogens is 2. The number of rotatable bonds is 5. The van der Waals surface area contributed by atoms with Crippen molar-refractivity contribution in [3.63, 3.8) is 0 Å². The number of benzene rings is 2. The van der Waals surface area contributed by atoms with Crippen molar-refractivity contribution in [2.24, 2.45) is 0 Å². The third-order valence-electron chi connectivity index (χ3n) is 5.73. The van der Waals surface area contributed by atoms with E-state index in [0.717, 1.165) is 19.6 Å². The number of carbonyl (C=O) groups is 1. The third-order valence-corrected chi connectivity index (χ3v) is 5.73. The van der Waals surface area contributed by atoms with E-state index in [-0.39, 0.29) is 17.2 Å². The Morgan fingerprint density at radius 3 is 2.35 bits per heavy atom. The quantitative estimate of drug-likeness (QED) is 0.627. The summed E-state index contributed by atoms with van der Waals surface area (Å²) in [6, 6.07) is 12.2. The van der Waals surface area contributed by atoms with E-state index in [9.17, 15) is 9.59 Å². The molecular weight excluding hydrogens is 396 g/mol. The standard InChI is InChI=1S/C23H26N4O4/c1-4-25-11-13-26(14-12-25)23(29)21-17-7-5-6-8-18(17)22(28)27(24-21)19-10-9-16(30-2)15-20(19)31-3/h5-10,15H,4,11-14H2,1-3H3. The number of carbonyl (C=O) groups excluding carboxylic acids is 1. The van der Waals surface area contributed by atoms with Crippen molar-refractivity contribution >= 4 is 16.7 Å². The summed E-state index contributed by atoms with van der Waals surface area (Å²) in [4.78, 5) is 30.8. The smallest absolute Gasteiger partial charge is 0.279 e. The highest BCUT2D eigenvalue weighted by Gasteiger charge is 2.26. The van der Waals surface area contributed by atoms with Crippen LogP contribution in [0.15, 0.2) is 47.3 Å². The first-order valence-electron chi connectivity index (χ1n) is 10.3. The van der Waals surface area contributed by atoms with E-state index in [1.165, 1.54) is 11.8 Å². The lowest BCUT2D eigenvalue weighted by Crippen LogP contribution is -2.49.